The van der Waals surface area contributed by atoms with Gasteiger partial charge in [0.05, 0.1) is 6.54 Å². The van der Waals surface area contributed by atoms with Gasteiger partial charge in [0.2, 0.25) is 5.91 Å². The van der Waals surface area contributed by atoms with Gasteiger partial charge in [0, 0.05) is 12.5 Å². The van der Waals surface area contributed by atoms with E-state index in [9.17, 15) is 13.6 Å². The van der Waals surface area contributed by atoms with Gasteiger partial charge in [-0.2, -0.15) is 0 Å². The van der Waals surface area contributed by atoms with Gasteiger partial charge in [0.15, 0.2) is 0 Å². The topological polar surface area (TPSA) is 75.4 Å². The molecule has 4 nitrogen and oxygen atoms in total. The molecule has 0 saturated heterocycles. The third-order valence-electron chi connectivity index (χ3n) is 1.28. The molecule has 13 heavy (non-hydrogen) atoms. The molecule has 0 aromatic carbocycles. The predicted molar refractivity (Wildman–Crippen MR) is 43.3 cm³/mol. The normalized spacial score (nSPS) is 13.9. The van der Waals surface area contributed by atoms with Gasteiger partial charge in [-0.15, -0.1) is 0 Å². The molecule has 0 bridgehead atoms. The van der Waals surface area contributed by atoms with Crippen LogP contribution >= 0.6 is 0 Å². The molecule has 0 saturated carbocycles. The number of carbonyl (C=O) groups excluding carboxylic acids is 1. The first-order valence-corrected chi connectivity index (χ1v) is 3.88. The number of hydrogen-bond donors (Lipinski definition) is 3. The second-order valence-electron chi connectivity index (χ2n) is 2.97. The van der Waals surface area contributed by atoms with Gasteiger partial charge in [-0.3, -0.25) is 4.79 Å². The molecule has 0 rings (SSSR count). The molecule has 4 N–H and O–H groups in total. The molecular formula is C7H14F2N2O2. The van der Waals surface area contributed by atoms with Crippen molar-refractivity contribution in [1.29, 1.82) is 0 Å². The van der Waals surface area contributed by atoms with Crippen molar-refractivity contribution in [2.75, 3.05) is 13.2 Å². The Morgan fingerprint density at radius 2 is 2.23 bits per heavy atom. The number of rotatable bonds is 5. The van der Waals surface area contributed by atoms with Crippen molar-refractivity contribution < 1.29 is 18.7 Å². The van der Waals surface area contributed by atoms with Crippen molar-refractivity contribution in [3.05, 3.63) is 0 Å². The minimum atomic E-state index is -3.26. The summed E-state index contributed by atoms with van der Waals surface area (Å²) in [5.74, 6) is -3.80. The second kappa shape index (κ2) is 5.08. The fraction of sp³-hybridized carbons (Fsp3) is 0.857. The number of halogens is 2. The Labute approximate surface area is 75.1 Å². The predicted octanol–water partition coefficient (Wildman–Crippen LogP) is -0.533. The summed E-state index contributed by atoms with van der Waals surface area (Å²) in [5.41, 5.74) is 5.27. The van der Waals surface area contributed by atoms with Crippen LogP contribution < -0.4 is 11.1 Å². The molecule has 0 aliphatic rings. The maximum Gasteiger partial charge on any atom is 0.287 e. The Kier molecular flexibility index (Phi) is 4.79. The Balaban J connectivity index is 3.70. The summed E-state index contributed by atoms with van der Waals surface area (Å²) >= 11 is 0. The Hall–Kier alpha value is -0.750. The van der Waals surface area contributed by atoms with Crippen molar-refractivity contribution in [3.8, 4) is 0 Å². The van der Waals surface area contributed by atoms with Gasteiger partial charge < -0.3 is 16.2 Å². The SMILES string of the molecule is CC(N)CC(=O)NCC(F)(F)CO. The number of nitrogens with two attached hydrogens (primary N) is 1. The molecule has 0 fully saturated rings. The van der Waals surface area contributed by atoms with Gasteiger partial charge in [0.1, 0.15) is 6.61 Å². The number of aliphatic hydroxyl groups excluding tert-OH is 1. The third-order valence-corrected chi connectivity index (χ3v) is 1.28. The van der Waals surface area contributed by atoms with Crippen LogP contribution in [0.3, 0.4) is 0 Å². The molecule has 0 heterocycles. The molecular weight excluding hydrogens is 182 g/mol. The summed E-state index contributed by atoms with van der Waals surface area (Å²) in [5, 5.41) is 10.1. The standard InChI is InChI=1S/C7H14F2N2O2/c1-5(10)2-6(13)11-3-7(8,9)4-12/h5,12H,2-4,10H2,1H3,(H,11,13). The summed E-state index contributed by atoms with van der Waals surface area (Å²) in [4.78, 5) is 10.8. The zero-order valence-electron chi connectivity index (χ0n) is 7.39. The summed E-state index contributed by atoms with van der Waals surface area (Å²) in [7, 11) is 0. The van der Waals surface area contributed by atoms with Crippen LogP contribution in [0.2, 0.25) is 0 Å². The molecule has 0 aromatic rings. The van der Waals surface area contributed by atoms with Gasteiger partial charge in [-0.1, -0.05) is 0 Å². The number of nitrogens with one attached hydrogen (secondary N) is 1. The monoisotopic (exact) mass is 196 g/mol. The van der Waals surface area contributed by atoms with E-state index >= 15 is 0 Å². The van der Waals surface area contributed by atoms with E-state index in [0.717, 1.165) is 0 Å². The van der Waals surface area contributed by atoms with E-state index in [2.05, 4.69) is 0 Å². The molecule has 1 atom stereocenters. The van der Waals surface area contributed by atoms with Gasteiger partial charge in [0.25, 0.3) is 5.92 Å². The summed E-state index contributed by atoms with van der Waals surface area (Å²) in [6.45, 7) is -0.524. The van der Waals surface area contributed by atoms with E-state index < -0.39 is 25.0 Å². The zero-order valence-corrected chi connectivity index (χ0v) is 7.39. The van der Waals surface area contributed by atoms with Gasteiger partial charge in [-0.05, 0) is 6.92 Å². The highest BCUT2D eigenvalue weighted by atomic mass is 19.3. The van der Waals surface area contributed by atoms with Crippen molar-refractivity contribution in [2.24, 2.45) is 5.73 Å². The van der Waals surface area contributed by atoms with E-state index in [1.165, 1.54) is 0 Å². The zero-order chi connectivity index (χ0) is 10.5. The average molecular weight is 196 g/mol. The van der Waals surface area contributed by atoms with Crippen LogP contribution in [-0.2, 0) is 4.79 Å². The maximum absolute atomic E-state index is 12.4. The minimum absolute atomic E-state index is 0.00150. The second-order valence-corrected chi connectivity index (χ2v) is 2.97. The summed E-state index contributed by atoms with van der Waals surface area (Å²) in [6.07, 6.45) is 0.00150. The van der Waals surface area contributed by atoms with E-state index in [-0.39, 0.29) is 12.5 Å². The van der Waals surface area contributed by atoms with Crippen LogP contribution in [0.4, 0.5) is 8.78 Å². The minimum Gasteiger partial charge on any atom is -0.390 e. The Bertz CT molecular complexity index is 174. The first kappa shape index (κ1) is 12.2. The van der Waals surface area contributed by atoms with Crippen molar-refractivity contribution in [3.63, 3.8) is 0 Å². The van der Waals surface area contributed by atoms with Gasteiger partial charge >= 0.3 is 0 Å². The van der Waals surface area contributed by atoms with Crippen LogP contribution in [-0.4, -0.2) is 36.1 Å². The highest BCUT2D eigenvalue weighted by molar-refractivity contribution is 5.76. The molecule has 78 valence electrons. The fourth-order valence-electron chi connectivity index (χ4n) is 0.648. The summed E-state index contributed by atoms with van der Waals surface area (Å²) < 4.78 is 24.7. The lowest BCUT2D eigenvalue weighted by molar-refractivity contribution is -0.124. The lowest BCUT2D eigenvalue weighted by atomic mass is 10.2. The largest absolute Gasteiger partial charge is 0.390 e. The van der Waals surface area contributed by atoms with E-state index in [1.54, 1.807) is 6.92 Å². The molecule has 0 radical (unpaired) electrons. The quantitative estimate of drug-likeness (QED) is 0.553. The first-order valence-electron chi connectivity index (χ1n) is 3.88. The Morgan fingerprint density at radius 1 is 1.69 bits per heavy atom. The number of alkyl halides is 2. The molecule has 0 aliphatic carbocycles. The highest BCUT2D eigenvalue weighted by Gasteiger charge is 2.28. The van der Waals surface area contributed by atoms with Crippen molar-refractivity contribution in [2.45, 2.75) is 25.3 Å². The van der Waals surface area contributed by atoms with Crippen LogP contribution in [0.15, 0.2) is 0 Å². The first-order chi connectivity index (χ1) is 5.87. The lowest BCUT2D eigenvalue weighted by Crippen LogP contribution is -2.40. The van der Waals surface area contributed by atoms with E-state index in [1.807, 2.05) is 5.32 Å². The number of hydrogen-bond acceptors (Lipinski definition) is 3. The maximum atomic E-state index is 12.4. The van der Waals surface area contributed by atoms with Crippen LogP contribution in [0.25, 0.3) is 0 Å². The summed E-state index contributed by atoms with van der Waals surface area (Å²) in [6, 6.07) is -0.359. The number of amides is 1. The van der Waals surface area contributed by atoms with E-state index in [0.29, 0.717) is 0 Å². The van der Waals surface area contributed by atoms with Crippen LogP contribution in [0.1, 0.15) is 13.3 Å². The lowest BCUT2D eigenvalue weighted by Gasteiger charge is -2.14. The van der Waals surface area contributed by atoms with Crippen LogP contribution in [0.5, 0.6) is 0 Å². The van der Waals surface area contributed by atoms with Crippen LogP contribution in [0, 0.1) is 0 Å². The molecule has 0 aliphatic heterocycles. The van der Waals surface area contributed by atoms with Crippen molar-refractivity contribution in [1.82, 2.24) is 5.32 Å². The van der Waals surface area contributed by atoms with Crippen molar-refractivity contribution >= 4 is 5.91 Å². The molecule has 1 amide bonds. The molecule has 1 unspecified atom stereocenters. The highest BCUT2D eigenvalue weighted by Crippen LogP contribution is 2.09. The molecule has 0 spiro atoms. The van der Waals surface area contributed by atoms with E-state index in [4.69, 9.17) is 10.8 Å². The van der Waals surface area contributed by atoms with Gasteiger partial charge in [-0.25, -0.2) is 8.78 Å². The molecule has 0 aromatic heterocycles. The third kappa shape index (κ3) is 6.41. The smallest absolute Gasteiger partial charge is 0.287 e. The average Bonchev–Trinajstić information content (AvgIpc) is 2.00. The fourth-order valence-corrected chi connectivity index (χ4v) is 0.648. The number of aliphatic hydroxyl groups is 1. The number of carbonyl (C=O) groups is 1. The Morgan fingerprint density at radius 3 is 2.62 bits per heavy atom. The molecule has 6 heteroatoms.